The topological polar surface area (TPSA) is 69.7 Å². The van der Waals surface area contributed by atoms with Gasteiger partial charge in [-0.3, -0.25) is 0 Å². The number of benzene rings is 1. The summed E-state index contributed by atoms with van der Waals surface area (Å²) in [5.74, 6) is -0.269. The predicted octanol–water partition coefficient (Wildman–Crippen LogP) is 1.22. The van der Waals surface area contributed by atoms with Gasteiger partial charge in [0.15, 0.2) is 9.84 Å². The number of carbonyl (C=O) groups excluding carboxylic acids is 1. The fraction of sp³-hybridized carbons (Fsp3) is 0.562. The van der Waals surface area contributed by atoms with Gasteiger partial charge < -0.3 is 15.1 Å². The highest BCUT2D eigenvalue weighted by molar-refractivity contribution is 7.91. The van der Waals surface area contributed by atoms with Crippen LogP contribution in [0.25, 0.3) is 0 Å². The van der Waals surface area contributed by atoms with Gasteiger partial charge in [0, 0.05) is 38.0 Å². The molecule has 1 aromatic carbocycles. The van der Waals surface area contributed by atoms with Gasteiger partial charge in [-0.15, -0.1) is 0 Å². The van der Waals surface area contributed by atoms with Crippen molar-refractivity contribution in [2.45, 2.75) is 24.8 Å². The van der Waals surface area contributed by atoms with Gasteiger partial charge in [-0.1, -0.05) is 6.07 Å². The van der Waals surface area contributed by atoms with Crippen LogP contribution < -0.4 is 5.32 Å². The molecule has 2 amide bonds. The molecule has 1 saturated heterocycles. The number of nitrogens with one attached hydrogen (secondary N) is 1. The normalized spacial score (nSPS) is 18.2. The first-order valence-corrected chi connectivity index (χ1v) is 9.76. The SMILES string of the molecule is CN(C)Cc1cc(CNC(=O)N2CCC(S(C)(=O)=O)C2)ccc1F. The van der Waals surface area contributed by atoms with Gasteiger partial charge in [0.2, 0.25) is 0 Å². The Kier molecular flexibility index (Phi) is 5.82. The van der Waals surface area contributed by atoms with Crippen LogP contribution in [0.4, 0.5) is 9.18 Å². The third kappa shape index (κ3) is 4.91. The zero-order valence-electron chi connectivity index (χ0n) is 14.3. The second-order valence-corrected chi connectivity index (χ2v) is 8.83. The highest BCUT2D eigenvalue weighted by atomic mass is 32.2. The Morgan fingerprint density at radius 1 is 1.42 bits per heavy atom. The summed E-state index contributed by atoms with van der Waals surface area (Å²) in [7, 11) is 0.595. The first kappa shape index (κ1) is 18.7. The Labute approximate surface area is 142 Å². The summed E-state index contributed by atoms with van der Waals surface area (Å²) in [6.07, 6.45) is 1.67. The maximum Gasteiger partial charge on any atom is 0.317 e. The molecule has 1 unspecified atom stereocenters. The molecule has 1 aliphatic heterocycles. The largest absolute Gasteiger partial charge is 0.334 e. The summed E-state index contributed by atoms with van der Waals surface area (Å²) in [5.41, 5.74) is 1.38. The molecule has 0 bridgehead atoms. The molecule has 0 aliphatic carbocycles. The van der Waals surface area contributed by atoms with Crippen molar-refractivity contribution >= 4 is 15.9 Å². The number of hydrogen-bond donors (Lipinski definition) is 1. The van der Waals surface area contributed by atoms with Crippen molar-refractivity contribution in [3.05, 3.63) is 35.1 Å². The Morgan fingerprint density at radius 2 is 2.12 bits per heavy atom. The lowest BCUT2D eigenvalue weighted by Gasteiger charge is -2.17. The highest BCUT2D eigenvalue weighted by Crippen LogP contribution is 2.16. The fourth-order valence-corrected chi connectivity index (χ4v) is 3.74. The van der Waals surface area contributed by atoms with Crippen molar-refractivity contribution in [3.63, 3.8) is 0 Å². The summed E-state index contributed by atoms with van der Waals surface area (Å²) < 4.78 is 36.8. The van der Waals surface area contributed by atoms with E-state index in [4.69, 9.17) is 0 Å². The van der Waals surface area contributed by atoms with Crippen molar-refractivity contribution in [1.29, 1.82) is 0 Å². The number of rotatable bonds is 5. The standard InChI is InChI=1S/C16H24FN3O3S/c1-19(2)10-13-8-12(4-5-15(13)17)9-18-16(21)20-7-6-14(11-20)24(3,22)23/h4-5,8,14H,6-7,9-11H2,1-3H3,(H,18,21). The van der Waals surface area contributed by atoms with E-state index in [9.17, 15) is 17.6 Å². The molecule has 0 saturated carbocycles. The quantitative estimate of drug-likeness (QED) is 0.860. The Hall–Kier alpha value is -1.67. The Balaban J connectivity index is 1.93. The molecule has 0 radical (unpaired) electrons. The molecule has 1 atom stereocenters. The van der Waals surface area contributed by atoms with Crippen molar-refractivity contribution in [1.82, 2.24) is 15.1 Å². The van der Waals surface area contributed by atoms with Gasteiger partial charge in [-0.25, -0.2) is 17.6 Å². The van der Waals surface area contributed by atoms with E-state index >= 15 is 0 Å². The van der Waals surface area contributed by atoms with Gasteiger partial charge in [0.25, 0.3) is 0 Å². The van der Waals surface area contributed by atoms with Crippen molar-refractivity contribution in [2.24, 2.45) is 0 Å². The molecule has 1 fully saturated rings. The number of nitrogens with zero attached hydrogens (tertiary/aromatic N) is 2. The monoisotopic (exact) mass is 357 g/mol. The fourth-order valence-electron chi connectivity index (χ4n) is 2.75. The van der Waals surface area contributed by atoms with Crippen LogP contribution in [-0.4, -0.2) is 62.9 Å². The van der Waals surface area contributed by atoms with Crippen LogP contribution in [0, 0.1) is 5.82 Å². The molecule has 1 N–H and O–H groups in total. The average Bonchev–Trinajstić information content (AvgIpc) is 2.97. The van der Waals surface area contributed by atoms with Crippen LogP contribution in [0.1, 0.15) is 17.5 Å². The highest BCUT2D eigenvalue weighted by Gasteiger charge is 2.32. The van der Waals surface area contributed by atoms with Crippen molar-refractivity contribution in [2.75, 3.05) is 33.4 Å². The Bertz CT molecular complexity index is 707. The zero-order valence-corrected chi connectivity index (χ0v) is 15.1. The lowest BCUT2D eigenvalue weighted by atomic mass is 10.1. The number of hydrogen-bond acceptors (Lipinski definition) is 4. The average molecular weight is 357 g/mol. The summed E-state index contributed by atoms with van der Waals surface area (Å²) in [6.45, 7) is 1.41. The van der Waals surface area contributed by atoms with E-state index in [0.29, 0.717) is 25.1 Å². The van der Waals surface area contributed by atoms with Crippen LogP contribution in [0.2, 0.25) is 0 Å². The van der Waals surface area contributed by atoms with Crippen LogP contribution in [0.3, 0.4) is 0 Å². The number of carbonyl (C=O) groups is 1. The van der Waals surface area contributed by atoms with Crippen LogP contribution in [-0.2, 0) is 22.9 Å². The van der Waals surface area contributed by atoms with Crippen LogP contribution >= 0.6 is 0 Å². The van der Waals surface area contributed by atoms with Gasteiger partial charge >= 0.3 is 6.03 Å². The minimum Gasteiger partial charge on any atom is -0.334 e. The molecule has 2 rings (SSSR count). The van der Waals surface area contributed by atoms with E-state index in [1.54, 1.807) is 12.1 Å². The molecule has 24 heavy (non-hydrogen) atoms. The van der Waals surface area contributed by atoms with Crippen LogP contribution in [0.5, 0.6) is 0 Å². The lowest BCUT2D eigenvalue weighted by Crippen LogP contribution is -2.39. The minimum atomic E-state index is -3.13. The molecule has 1 aromatic rings. The molecule has 0 aromatic heterocycles. The van der Waals surface area contributed by atoms with Gasteiger partial charge in [-0.05, 0) is 38.2 Å². The molecule has 134 valence electrons. The molecular weight excluding hydrogens is 333 g/mol. The summed E-state index contributed by atoms with van der Waals surface area (Å²) >= 11 is 0. The third-order valence-electron chi connectivity index (χ3n) is 4.08. The molecule has 1 aliphatic rings. The summed E-state index contributed by atoms with van der Waals surface area (Å²) in [4.78, 5) is 15.5. The Morgan fingerprint density at radius 3 is 2.71 bits per heavy atom. The maximum absolute atomic E-state index is 13.8. The van der Waals surface area contributed by atoms with Crippen molar-refractivity contribution in [3.8, 4) is 0 Å². The van der Waals surface area contributed by atoms with Gasteiger partial charge in [0.05, 0.1) is 5.25 Å². The minimum absolute atomic E-state index is 0.222. The first-order chi connectivity index (χ1) is 11.2. The van der Waals surface area contributed by atoms with Crippen LogP contribution in [0.15, 0.2) is 18.2 Å². The smallest absolute Gasteiger partial charge is 0.317 e. The number of likely N-dealkylation sites (tertiary alicyclic amines) is 1. The van der Waals surface area contributed by atoms with E-state index in [2.05, 4.69) is 5.32 Å². The molecular formula is C16H24FN3O3S. The second-order valence-electron chi connectivity index (χ2n) is 6.51. The number of urea groups is 1. The molecule has 0 spiro atoms. The van der Waals surface area contributed by atoms with Crippen molar-refractivity contribution < 1.29 is 17.6 Å². The number of amides is 2. The summed E-state index contributed by atoms with van der Waals surface area (Å²) in [6, 6.07) is 4.48. The second kappa shape index (κ2) is 7.48. The number of halogens is 1. The van der Waals surface area contributed by atoms with E-state index in [-0.39, 0.29) is 24.9 Å². The van der Waals surface area contributed by atoms with E-state index < -0.39 is 15.1 Å². The first-order valence-electron chi connectivity index (χ1n) is 7.80. The predicted molar refractivity (Wildman–Crippen MR) is 90.8 cm³/mol. The molecule has 8 heteroatoms. The van der Waals surface area contributed by atoms with E-state index in [0.717, 1.165) is 5.56 Å². The van der Waals surface area contributed by atoms with Gasteiger partial charge in [-0.2, -0.15) is 0 Å². The zero-order chi connectivity index (χ0) is 17.9. The van der Waals surface area contributed by atoms with Gasteiger partial charge in [0.1, 0.15) is 5.82 Å². The van der Waals surface area contributed by atoms with E-state index in [1.807, 2.05) is 19.0 Å². The lowest BCUT2D eigenvalue weighted by molar-refractivity contribution is 0.208. The van der Waals surface area contributed by atoms with E-state index in [1.165, 1.54) is 17.2 Å². The molecule has 6 nitrogen and oxygen atoms in total. The summed E-state index contributed by atoms with van der Waals surface area (Å²) in [5, 5.41) is 2.28. The third-order valence-corrected chi connectivity index (χ3v) is 5.67. The maximum atomic E-state index is 13.8. The molecule has 1 heterocycles. The number of sulfone groups is 1.